The van der Waals surface area contributed by atoms with Crippen molar-refractivity contribution >= 4 is 17.3 Å². The van der Waals surface area contributed by atoms with Gasteiger partial charge in [-0.3, -0.25) is 4.79 Å². The molecule has 0 spiro atoms. The Bertz CT molecular complexity index is 1050. The van der Waals surface area contributed by atoms with Gasteiger partial charge >= 0.3 is 0 Å². The van der Waals surface area contributed by atoms with E-state index in [2.05, 4.69) is 25.4 Å². The molecule has 0 aromatic carbocycles. The van der Waals surface area contributed by atoms with Gasteiger partial charge < -0.3 is 9.72 Å². The summed E-state index contributed by atoms with van der Waals surface area (Å²) in [6.07, 6.45) is 4.54. The van der Waals surface area contributed by atoms with Gasteiger partial charge in [-0.25, -0.2) is 14.5 Å². The van der Waals surface area contributed by atoms with Gasteiger partial charge in [0.25, 0.3) is 11.7 Å². The highest BCUT2D eigenvalue weighted by molar-refractivity contribution is 5.90. The van der Waals surface area contributed by atoms with Crippen molar-refractivity contribution < 1.29 is 4.79 Å². The molecule has 0 aliphatic rings. The third-order valence-corrected chi connectivity index (χ3v) is 3.90. The summed E-state index contributed by atoms with van der Waals surface area (Å²) >= 11 is 0. The molecule has 4 rings (SSSR count). The van der Waals surface area contributed by atoms with Crippen LogP contribution in [-0.2, 0) is 6.42 Å². The Labute approximate surface area is 143 Å². The molecule has 126 valence electrons. The summed E-state index contributed by atoms with van der Waals surface area (Å²) in [6.45, 7) is 4.25. The Hall–Kier alpha value is -3.29. The number of aryl methyl sites for hydroxylation is 2. The van der Waals surface area contributed by atoms with Gasteiger partial charge in [0.15, 0.2) is 0 Å². The minimum Gasteiger partial charge on any atom is -0.349 e. The monoisotopic (exact) mass is 335 g/mol. The fraction of sp³-hybridized carbons (Fsp3) is 0.235. The topological polar surface area (TPSA) is 89.5 Å². The normalized spacial score (nSPS) is 11.3. The van der Waals surface area contributed by atoms with E-state index in [0.29, 0.717) is 18.7 Å². The van der Waals surface area contributed by atoms with Crippen LogP contribution in [0, 0.1) is 13.8 Å². The predicted molar refractivity (Wildman–Crippen MR) is 91.5 cm³/mol. The van der Waals surface area contributed by atoms with Gasteiger partial charge in [0.2, 0.25) is 5.82 Å². The molecule has 0 fully saturated rings. The highest BCUT2D eigenvalue weighted by atomic mass is 16.2. The van der Waals surface area contributed by atoms with Crippen LogP contribution in [0.3, 0.4) is 0 Å². The maximum absolute atomic E-state index is 12.3. The van der Waals surface area contributed by atoms with E-state index >= 15 is 0 Å². The Morgan fingerprint density at radius 1 is 1.20 bits per heavy atom. The number of fused-ring (bicyclic) bond motifs is 2. The number of carbonyl (C=O) groups is 1. The maximum Gasteiger partial charge on any atom is 0.291 e. The predicted octanol–water partition coefficient (Wildman–Crippen LogP) is 1.36. The van der Waals surface area contributed by atoms with Crippen molar-refractivity contribution in [2.75, 3.05) is 6.54 Å². The van der Waals surface area contributed by atoms with Crippen molar-refractivity contribution in [3.8, 4) is 0 Å². The molecule has 1 N–H and O–H groups in total. The van der Waals surface area contributed by atoms with E-state index in [1.807, 2.05) is 54.9 Å². The molecule has 0 bridgehead atoms. The zero-order valence-corrected chi connectivity index (χ0v) is 14.0. The SMILES string of the molecule is Cc1cc(C)n2nc(C(=O)NCCc3cn4ccccc4n3)nc2n1. The van der Waals surface area contributed by atoms with E-state index in [1.165, 1.54) is 0 Å². The molecule has 4 aromatic rings. The van der Waals surface area contributed by atoms with Gasteiger partial charge in [-0.2, -0.15) is 4.98 Å². The molecule has 0 aliphatic heterocycles. The third-order valence-electron chi connectivity index (χ3n) is 3.90. The highest BCUT2D eigenvalue weighted by Crippen LogP contribution is 2.06. The standard InChI is InChI=1S/C17H17N7O/c1-11-9-12(2)24-17(19-11)21-15(22-24)16(25)18-7-6-13-10-23-8-4-3-5-14(23)20-13/h3-5,8-10H,6-7H2,1-2H3,(H,18,25). The first-order valence-corrected chi connectivity index (χ1v) is 8.02. The van der Waals surface area contributed by atoms with Crippen molar-refractivity contribution in [2.45, 2.75) is 20.3 Å². The number of hydrogen-bond acceptors (Lipinski definition) is 5. The lowest BCUT2D eigenvalue weighted by Gasteiger charge is -2.00. The molecule has 1 amide bonds. The molecule has 0 radical (unpaired) electrons. The van der Waals surface area contributed by atoms with Crippen molar-refractivity contribution in [1.82, 2.24) is 34.3 Å². The van der Waals surface area contributed by atoms with Gasteiger partial charge in [0.1, 0.15) is 5.65 Å². The number of hydrogen-bond donors (Lipinski definition) is 1. The van der Waals surface area contributed by atoms with Crippen LogP contribution in [0.25, 0.3) is 11.4 Å². The highest BCUT2D eigenvalue weighted by Gasteiger charge is 2.14. The molecular weight excluding hydrogens is 318 g/mol. The quantitative estimate of drug-likeness (QED) is 0.608. The van der Waals surface area contributed by atoms with Crippen molar-refractivity contribution in [2.24, 2.45) is 0 Å². The van der Waals surface area contributed by atoms with Gasteiger partial charge in [-0.1, -0.05) is 6.07 Å². The van der Waals surface area contributed by atoms with E-state index in [0.717, 1.165) is 22.7 Å². The Balaban J connectivity index is 1.44. The number of nitrogens with zero attached hydrogens (tertiary/aromatic N) is 6. The number of carbonyl (C=O) groups excluding carboxylic acids is 1. The van der Waals surface area contributed by atoms with E-state index < -0.39 is 0 Å². The number of imidazole rings is 1. The number of nitrogens with one attached hydrogen (secondary N) is 1. The van der Waals surface area contributed by atoms with Gasteiger partial charge in [-0.05, 0) is 32.0 Å². The third kappa shape index (κ3) is 2.93. The van der Waals surface area contributed by atoms with Crippen LogP contribution >= 0.6 is 0 Å². The molecule has 8 nitrogen and oxygen atoms in total. The van der Waals surface area contributed by atoms with Crippen LogP contribution in [0.15, 0.2) is 36.7 Å². The van der Waals surface area contributed by atoms with Gasteiger partial charge in [-0.15, -0.1) is 5.10 Å². The van der Waals surface area contributed by atoms with Crippen LogP contribution in [0.2, 0.25) is 0 Å². The largest absolute Gasteiger partial charge is 0.349 e. The molecule has 0 unspecified atom stereocenters. The van der Waals surface area contributed by atoms with E-state index in [1.54, 1.807) is 4.52 Å². The zero-order valence-electron chi connectivity index (χ0n) is 14.0. The summed E-state index contributed by atoms with van der Waals surface area (Å²) in [6, 6.07) is 7.74. The van der Waals surface area contributed by atoms with Crippen LogP contribution in [0.1, 0.15) is 27.7 Å². The fourth-order valence-corrected chi connectivity index (χ4v) is 2.75. The second kappa shape index (κ2) is 5.97. The summed E-state index contributed by atoms with van der Waals surface area (Å²) in [5.74, 6) is 0.241. The van der Waals surface area contributed by atoms with Gasteiger partial charge in [0, 0.05) is 36.7 Å². The van der Waals surface area contributed by atoms with Crippen molar-refractivity contribution in [3.63, 3.8) is 0 Å². The summed E-state index contributed by atoms with van der Waals surface area (Å²) in [5.41, 5.74) is 3.54. The number of amides is 1. The van der Waals surface area contributed by atoms with Gasteiger partial charge in [0.05, 0.1) is 5.69 Å². The molecule has 25 heavy (non-hydrogen) atoms. The minimum atomic E-state index is -0.314. The summed E-state index contributed by atoms with van der Waals surface area (Å²) in [5, 5.41) is 7.06. The molecule has 0 saturated carbocycles. The lowest BCUT2D eigenvalue weighted by Crippen LogP contribution is -2.26. The van der Waals surface area contributed by atoms with Crippen molar-refractivity contribution in [3.05, 3.63) is 59.6 Å². The Morgan fingerprint density at radius 3 is 2.92 bits per heavy atom. The Kier molecular flexibility index (Phi) is 3.64. The fourth-order valence-electron chi connectivity index (χ4n) is 2.75. The lowest BCUT2D eigenvalue weighted by molar-refractivity contribution is 0.0944. The molecule has 0 atom stereocenters. The van der Waals surface area contributed by atoms with Crippen LogP contribution < -0.4 is 5.32 Å². The second-order valence-corrected chi connectivity index (χ2v) is 5.89. The second-order valence-electron chi connectivity index (χ2n) is 5.89. The molecular formula is C17H17N7O. The van der Waals surface area contributed by atoms with E-state index in [9.17, 15) is 4.79 Å². The number of rotatable bonds is 4. The zero-order chi connectivity index (χ0) is 17.4. The van der Waals surface area contributed by atoms with Crippen LogP contribution in [-0.4, -0.2) is 41.4 Å². The molecule has 0 saturated heterocycles. The maximum atomic E-state index is 12.3. The average molecular weight is 335 g/mol. The Morgan fingerprint density at radius 2 is 2.08 bits per heavy atom. The van der Waals surface area contributed by atoms with Crippen LogP contribution in [0.4, 0.5) is 0 Å². The summed E-state index contributed by atoms with van der Waals surface area (Å²) in [7, 11) is 0. The van der Waals surface area contributed by atoms with Crippen LogP contribution in [0.5, 0.6) is 0 Å². The molecule has 8 heteroatoms. The molecule has 0 aliphatic carbocycles. The number of aromatic nitrogens is 6. The lowest BCUT2D eigenvalue weighted by atomic mass is 10.3. The first kappa shape index (κ1) is 15.3. The summed E-state index contributed by atoms with van der Waals surface area (Å²) in [4.78, 5) is 25.3. The van der Waals surface area contributed by atoms with Crippen molar-refractivity contribution in [1.29, 1.82) is 0 Å². The first-order valence-electron chi connectivity index (χ1n) is 8.02. The summed E-state index contributed by atoms with van der Waals surface area (Å²) < 4.78 is 3.53. The average Bonchev–Trinajstić information content (AvgIpc) is 3.18. The van der Waals surface area contributed by atoms with E-state index in [4.69, 9.17) is 0 Å². The molecule has 4 heterocycles. The smallest absolute Gasteiger partial charge is 0.291 e. The minimum absolute atomic E-state index is 0.121. The first-order chi connectivity index (χ1) is 12.1. The van der Waals surface area contributed by atoms with E-state index in [-0.39, 0.29) is 11.7 Å². The molecule has 4 aromatic heterocycles. The number of pyridine rings is 1.